The molecule has 0 aromatic carbocycles. The number of rotatable bonds is 17. The summed E-state index contributed by atoms with van der Waals surface area (Å²) in [6.45, 7) is 24.1. The third-order valence-electron chi connectivity index (χ3n) is 14.0. The summed E-state index contributed by atoms with van der Waals surface area (Å²) in [5.74, 6) is -0.371. The summed E-state index contributed by atoms with van der Waals surface area (Å²) < 4.78 is 11.1. The predicted octanol–water partition coefficient (Wildman–Crippen LogP) is 7.95. The van der Waals surface area contributed by atoms with Crippen LogP contribution in [-0.2, 0) is 25.5 Å². The number of methoxy groups -OCH3 is 1. The number of aromatic amines is 3. The van der Waals surface area contributed by atoms with Gasteiger partial charge in [0, 0.05) is 56.6 Å². The maximum absolute atomic E-state index is 13.6. The van der Waals surface area contributed by atoms with Gasteiger partial charge in [0.15, 0.2) is 0 Å². The second kappa shape index (κ2) is 19.2. The molecule has 60 heavy (non-hydrogen) atoms. The molecule has 1 fully saturated rings. The molecule has 3 aromatic rings. The first-order chi connectivity index (χ1) is 28.7. The van der Waals surface area contributed by atoms with Gasteiger partial charge < -0.3 is 34.8 Å². The smallest absolute Gasteiger partial charge is 0.320 e. The molecule has 6 rings (SSSR count). The number of hydrogen-bond donors (Lipinski definition) is 5. The third-order valence-corrected chi connectivity index (χ3v) is 14.0. The van der Waals surface area contributed by atoms with E-state index in [1.807, 2.05) is 19.1 Å². The number of fused-ring (bicyclic) bond motifs is 8. The highest BCUT2D eigenvalue weighted by Gasteiger charge is 2.47. The minimum atomic E-state index is -0.992. The van der Waals surface area contributed by atoms with Crippen LogP contribution in [0.4, 0.5) is 0 Å². The minimum absolute atomic E-state index is 0.0162. The van der Waals surface area contributed by atoms with E-state index in [0.717, 1.165) is 92.2 Å². The highest BCUT2D eigenvalue weighted by Crippen LogP contribution is 2.42. The fourth-order valence-corrected chi connectivity index (χ4v) is 9.91. The van der Waals surface area contributed by atoms with E-state index in [1.165, 1.54) is 55.9 Å². The molecule has 5 heterocycles. The van der Waals surface area contributed by atoms with Crippen LogP contribution in [0.5, 0.6) is 0 Å². The molecule has 0 radical (unpaired) electrons. The molecule has 0 spiro atoms. The van der Waals surface area contributed by atoms with E-state index in [2.05, 4.69) is 100 Å². The van der Waals surface area contributed by atoms with Gasteiger partial charge in [-0.2, -0.15) is 0 Å². The molecule has 0 saturated carbocycles. The standard InChI is InChI=1S/C51H70N4O5/c1-12-28(4)17-15-18-29(5)19-16-20-30(6)23-24-60-44(56)22-21-37-33(9)40-25-38-31(7)35(13-2)42(52-38)26-39-32(8)36(14-3)43(53-39)27-41-34(10)45-49(55-41)46(48(37)54-40)47(50(45)57)51(58)59-11/h13,23,25-29,33,37,47-48,52-55,57H,2,12,14-22,24H2,1,3-11H3/b30-23-,39-26-,40-25-,43-27-/t28-,29+,33+,37+,47-,48?/m1/s1. The lowest BCUT2D eigenvalue weighted by molar-refractivity contribution is -0.143. The van der Waals surface area contributed by atoms with Gasteiger partial charge >= 0.3 is 11.9 Å². The Bertz CT molecular complexity index is 2420. The topological polar surface area (TPSA) is 132 Å². The van der Waals surface area contributed by atoms with Gasteiger partial charge in [0.25, 0.3) is 0 Å². The number of hydrogen-bond acceptors (Lipinski definition) is 6. The number of nitrogens with one attached hydrogen (secondary N) is 4. The number of esters is 2. The number of aromatic nitrogens is 3. The quantitative estimate of drug-likeness (QED) is 0.0695. The minimum Gasteiger partial charge on any atom is -0.510 e. The molecule has 324 valence electrons. The number of carbonyl (C=O) groups is 2. The van der Waals surface area contributed by atoms with E-state index in [9.17, 15) is 14.7 Å². The van der Waals surface area contributed by atoms with Crippen molar-refractivity contribution in [3.63, 3.8) is 0 Å². The van der Waals surface area contributed by atoms with Crippen molar-refractivity contribution in [1.82, 2.24) is 20.3 Å². The SMILES string of the molecule is C=Cc1c2[nH]c(c1C)/C=C1\NC(C3=c4[nH]c(c(C)c4=C(O)[C@@H]3C(=O)OC)/C=c3\[nH]/c(c(C)c3CC)=C\2)[C@@H](CCC(=O)OC/C=C(/C)CCC[C@@H](C)CCC[C@H](C)CC)[C@@H]1C. The van der Waals surface area contributed by atoms with Crippen molar-refractivity contribution in [3.05, 3.63) is 90.1 Å². The summed E-state index contributed by atoms with van der Waals surface area (Å²) in [6, 6.07) is -0.393. The van der Waals surface area contributed by atoms with Gasteiger partial charge in [-0.25, -0.2) is 0 Å². The van der Waals surface area contributed by atoms with Crippen LogP contribution in [0.15, 0.2) is 23.9 Å². The summed E-state index contributed by atoms with van der Waals surface area (Å²) in [7, 11) is 1.36. The number of H-pyrrole nitrogens is 3. The predicted molar refractivity (Wildman–Crippen MR) is 244 cm³/mol. The van der Waals surface area contributed by atoms with E-state index in [1.54, 1.807) is 0 Å². The molecule has 1 aliphatic carbocycles. The van der Waals surface area contributed by atoms with Crippen molar-refractivity contribution in [2.24, 2.45) is 29.6 Å². The first-order valence-corrected chi connectivity index (χ1v) is 22.5. The summed E-state index contributed by atoms with van der Waals surface area (Å²) in [4.78, 5) is 38.0. The fraction of sp³-hybridized carbons (Fsp3) is 0.529. The Hall–Kier alpha value is -4.92. The number of allylic oxidation sites excluding steroid dienone is 2. The zero-order valence-corrected chi connectivity index (χ0v) is 37.9. The lowest BCUT2D eigenvalue weighted by Crippen LogP contribution is -2.38. The Labute approximate surface area is 356 Å². The largest absolute Gasteiger partial charge is 0.510 e. The van der Waals surface area contributed by atoms with E-state index in [4.69, 9.17) is 9.47 Å². The zero-order chi connectivity index (χ0) is 43.4. The van der Waals surface area contributed by atoms with Crippen LogP contribution in [0.3, 0.4) is 0 Å². The van der Waals surface area contributed by atoms with Gasteiger partial charge in [0.05, 0.1) is 18.5 Å². The fourth-order valence-electron chi connectivity index (χ4n) is 9.91. The van der Waals surface area contributed by atoms with Crippen LogP contribution in [0.1, 0.15) is 144 Å². The molecule has 6 atom stereocenters. The van der Waals surface area contributed by atoms with Crippen molar-refractivity contribution in [1.29, 1.82) is 0 Å². The Morgan fingerprint density at radius 1 is 0.900 bits per heavy atom. The van der Waals surface area contributed by atoms with Gasteiger partial charge in [0.2, 0.25) is 0 Å². The molecule has 9 nitrogen and oxygen atoms in total. The molecule has 1 saturated heterocycles. The lowest BCUT2D eigenvalue weighted by atomic mass is 9.80. The van der Waals surface area contributed by atoms with Crippen LogP contribution < -0.4 is 26.6 Å². The molecule has 1 unspecified atom stereocenters. The van der Waals surface area contributed by atoms with Gasteiger partial charge in [-0.3, -0.25) is 9.59 Å². The summed E-state index contributed by atoms with van der Waals surface area (Å²) in [6.07, 6.45) is 20.5. The van der Waals surface area contributed by atoms with Crippen molar-refractivity contribution < 1.29 is 24.2 Å². The Morgan fingerprint density at radius 2 is 1.60 bits per heavy atom. The number of carbonyl (C=O) groups excluding carboxylic acids is 2. The lowest BCUT2D eigenvalue weighted by Gasteiger charge is -2.26. The van der Waals surface area contributed by atoms with Crippen LogP contribution in [0.2, 0.25) is 0 Å². The van der Waals surface area contributed by atoms with Crippen molar-refractivity contribution in [2.75, 3.05) is 13.7 Å². The van der Waals surface area contributed by atoms with Gasteiger partial charge in [-0.15, -0.1) is 0 Å². The van der Waals surface area contributed by atoms with Gasteiger partial charge in [0.1, 0.15) is 18.3 Å². The van der Waals surface area contributed by atoms with Crippen molar-refractivity contribution >= 4 is 47.6 Å². The second-order valence-corrected chi connectivity index (χ2v) is 18.0. The maximum Gasteiger partial charge on any atom is 0.320 e. The van der Waals surface area contributed by atoms with Crippen molar-refractivity contribution in [2.45, 2.75) is 133 Å². The first-order valence-electron chi connectivity index (χ1n) is 22.5. The Balaban J connectivity index is 1.30. The molecule has 0 amide bonds. The zero-order valence-electron chi connectivity index (χ0n) is 37.9. The van der Waals surface area contributed by atoms with Gasteiger partial charge in [-0.05, 0) is 123 Å². The maximum atomic E-state index is 13.6. The highest BCUT2D eigenvalue weighted by molar-refractivity contribution is 5.95. The van der Waals surface area contributed by atoms with E-state index in [0.29, 0.717) is 11.6 Å². The van der Waals surface area contributed by atoms with Crippen LogP contribution >= 0.6 is 0 Å². The molecular formula is C51H70N4O5. The van der Waals surface area contributed by atoms with Crippen LogP contribution in [0.25, 0.3) is 35.6 Å². The third kappa shape index (κ3) is 9.06. The summed E-state index contributed by atoms with van der Waals surface area (Å²) >= 11 is 0. The number of ether oxygens (including phenoxy) is 2. The second-order valence-electron chi connectivity index (χ2n) is 18.0. The highest BCUT2D eigenvalue weighted by atomic mass is 16.5. The number of aliphatic hydroxyl groups excluding tert-OH is 1. The summed E-state index contributed by atoms with van der Waals surface area (Å²) in [5, 5.41) is 19.1. The first kappa shape index (κ1) is 44.6. The Morgan fingerprint density at radius 3 is 2.30 bits per heavy atom. The summed E-state index contributed by atoms with van der Waals surface area (Å²) in [5.41, 5.74) is 11.1. The van der Waals surface area contributed by atoms with Gasteiger partial charge in [-0.1, -0.05) is 85.0 Å². The molecule has 3 aromatic heterocycles. The molecule has 5 N–H and O–H groups in total. The number of aliphatic hydroxyl groups is 1. The van der Waals surface area contributed by atoms with Crippen molar-refractivity contribution in [3.8, 4) is 0 Å². The normalized spacial score (nSPS) is 22.6. The van der Waals surface area contributed by atoms with E-state index < -0.39 is 17.9 Å². The van der Waals surface area contributed by atoms with E-state index >= 15 is 0 Å². The van der Waals surface area contributed by atoms with Crippen LogP contribution in [-0.4, -0.2) is 51.8 Å². The van der Waals surface area contributed by atoms with Crippen LogP contribution in [0, 0.1) is 50.4 Å². The molecule has 9 heteroatoms. The van der Waals surface area contributed by atoms with E-state index in [-0.39, 0.29) is 36.6 Å². The Kier molecular flexibility index (Phi) is 14.3. The molecule has 2 aliphatic heterocycles. The average Bonchev–Trinajstić information content (AvgIpc) is 3.97. The monoisotopic (exact) mass is 819 g/mol. The molecular weight excluding hydrogens is 749 g/mol. The average molecular weight is 819 g/mol. The molecule has 8 bridgehead atoms. The molecule has 3 aliphatic rings.